The van der Waals surface area contributed by atoms with Crippen molar-refractivity contribution in [3.63, 3.8) is 0 Å². The number of hydrogen-bond donors (Lipinski definition) is 3. The van der Waals surface area contributed by atoms with Gasteiger partial charge in [-0.1, -0.05) is 18.2 Å². The number of carbonyl (C=O) groups is 1. The van der Waals surface area contributed by atoms with E-state index in [-0.39, 0.29) is 4.90 Å². The van der Waals surface area contributed by atoms with Crippen molar-refractivity contribution >= 4 is 15.9 Å². The molecule has 2 unspecified atom stereocenters. The first-order valence-electron chi connectivity index (χ1n) is 6.93. The van der Waals surface area contributed by atoms with Gasteiger partial charge in [-0.05, 0) is 37.8 Å². The summed E-state index contributed by atoms with van der Waals surface area (Å²) in [5.74, 6) is -0.0531. The second-order valence-electron chi connectivity index (χ2n) is 5.36. The third-order valence-corrected chi connectivity index (χ3v) is 4.97. The van der Waals surface area contributed by atoms with Gasteiger partial charge in [-0.15, -0.1) is 0 Å². The van der Waals surface area contributed by atoms with Gasteiger partial charge in [0.2, 0.25) is 10.0 Å². The standard InChI is InChI=1S/C14H20N2O4S/c1-10(13(17)14(18)15-9-11-7-8-11)16-21(19,20)12-5-3-2-4-6-12/h2-6,10-11,13,16-17H,7-9H2,1H3,(H,15,18). The summed E-state index contributed by atoms with van der Waals surface area (Å²) >= 11 is 0. The van der Waals surface area contributed by atoms with E-state index in [1.54, 1.807) is 18.2 Å². The lowest BCUT2D eigenvalue weighted by Crippen LogP contribution is -2.49. The highest BCUT2D eigenvalue weighted by atomic mass is 32.2. The number of amides is 1. The van der Waals surface area contributed by atoms with Crippen LogP contribution in [0.25, 0.3) is 0 Å². The Balaban J connectivity index is 1.92. The molecular weight excluding hydrogens is 292 g/mol. The number of nitrogens with one attached hydrogen (secondary N) is 2. The summed E-state index contributed by atoms with van der Waals surface area (Å²) in [6.45, 7) is 2.00. The molecule has 2 atom stereocenters. The molecule has 1 aromatic carbocycles. The minimum Gasteiger partial charge on any atom is -0.382 e. The third kappa shape index (κ3) is 4.52. The van der Waals surface area contributed by atoms with Crippen LogP contribution >= 0.6 is 0 Å². The molecule has 0 spiro atoms. The van der Waals surface area contributed by atoms with Crippen LogP contribution in [-0.4, -0.2) is 38.1 Å². The van der Waals surface area contributed by atoms with Gasteiger partial charge in [-0.3, -0.25) is 4.79 Å². The molecule has 1 fully saturated rings. The van der Waals surface area contributed by atoms with E-state index in [4.69, 9.17) is 0 Å². The van der Waals surface area contributed by atoms with E-state index in [1.165, 1.54) is 19.1 Å². The molecule has 1 saturated carbocycles. The quantitative estimate of drug-likeness (QED) is 0.672. The molecular formula is C14H20N2O4S. The normalized spacial score (nSPS) is 18.0. The number of sulfonamides is 1. The zero-order valence-electron chi connectivity index (χ0n) is 11.8. The van der Waals surface area contributed by atoms with Crippen LogP contribution in [-0.2, 0) is 14.8 Å². The fraction of sp³-hybridized carbons (Fsp3) is 0.500. The summed E-state index contributed by atoms with van der Waals surface area (Å²) in [7, 11) is -3.75. The van der Waals surface area contributed by atoms with Crippen molar-refractivity contribution < 1.29 is 18.3 Å². The van der Waals surface area contributed by atoms with Crippen molar-refractivity contribution in [2.24, 2.45) is 5.92 Å². The fourth-order valence-corrected chi connectivity index (χ4v) is 3.15. The van der Waals surface area contributed by atoms with Gasteiger partial charge in [0.05, 0.1) is 10.9 Å². The SMILES string of the molecule is CC(NS(=O)(=O)c1ccccc1)C(O)C(=O)NCC1CC1. The molecule has 3 N–H and O–H groups in total. The van der Waals surface area contributed by atoms with Gasteiger partial charge in [0.15, 0.2) is 0 Å². The van der Waals surface area contributed by atoms with E-state index in [0.717, 1.165) is 12.8 Å². The minimum absolute atomic E-state index is 0.0995. The Morgan fingerprint density at radius 2 is 1.95 bits per heavy atom. The molecule has 0 heterocycles. The van der Waals surface area contributed by atoms with Crippen molar-refractivity contribution in [3.8, 4) is 0 Å². The Kier molecular flexibility index (Phi) is 4.97. The molecule has 116 valence electrons. The smallest absolute Gasteiger partial charge is 0.250 e. The lowest BCUT2D eigenvalue weighted by Gasteiger charge is -2.19. The van der Waals surface area contributed by atoms with E-state index in [1.807, 2.05) is 0 Å². The van der Waals surface area contributed by atoms with Crippen LogP contribution in [0.4, 0.5) is 0 Å². The molecule has 2 rings (SSSR count). The minimum atomic E-state index is -3.75. The largest absolute Gasteiger partial charge is 0.382 e. The van der Waals surface area contributed by atoms with Crippen LogP contribution in [0.3, 0.4) is 0 Å². The molecule has 0 saturated heterocycles. The predicted octanol–water partition coefficient (Wildman–Crippen LogP) is 0.240. The molecule has 0 aliphatic heterocycles. The Hall–Kier alpha value is -1.44. The van der Waals surface area contributed by atoms with Crippen LogP contribution in [0.5, 0.6) is 0 Å². The summed E-state index contributed by atoms with van der Waals surface area (Å²) in [6, 6.07) is 6.93. The molecule has 0 aromatic heterocycles. The second kappa shape index (κ2) is 6.55. The first kappa shape index (κ1) is 15.9. The Morgan fingerprint density at radius 3 is 2.52 bits per heavy atom. The van der Waals surface area contributed by atoms with Gasteiger partial charge < -0.3 is 10.4 Å². The maximum absolute atomic E-state index is 12.1. The molecule has 0 radical (unpaired) electrons. The lowest BCUT2D eigenvalue weighted by atomic mass is 10.2. The molecule has 1 aliphatic carbocycles. The van der Waals surface area contributed by atoms with Gasteiger partial charge in [0, 0.05) is 6.54 Å². The van der Waals surface area contributed by atoms with Gasteiger partial charge in [0.1, 0.15) is 6.10 Å². The van der Waals surface area contributed by atoms with E-state index in [0.29, 0.717) is 12.5 Å². The number of hydrogen-bond acceptors (Lipinski definition) is 4. The van der Waals surface area contributed by atoms with E-state index in [2.05, 4.69) is 10.0 Å². The third-order valence-electron chi connectivity index (χ3n) is 3.40. The van der Waals surface area contributed by atoms with Crippen LogP contribution in [0.15, 0.2) is 35.2 Å². The molecule has 7 heteroatoms. The van der Waals surface area contributed by atoms with E-state index < -0.39 is 28.1 Å². The maximum atomic E-state index is 12.1. The number of carbonyl (C=O) groups excluding carboxylic acids is 1. The Labute approximate surface area is 124 Å². The average Bonchev–Trinajstić information content (AvgIpc) is 3.28. The van der Waals surface area contributed by atoms with Crippen LogP contribution in [0.2, 0.25) is 0 Å². The predicted molar refractivity (Wildman–Crippen MR) is 78.0 cm³/mol. The highest BCUT2D eigenvalue weighted by Crippen LogP contribution is 2.27. The highest BCUT2D eigenvalue weighted by Gasteiger charge is 2.28. The zero-order valence-corrected chi connectivity index (χ0v) is 12.6. The van der Waals surface area contributed by atoms with Gasteiger partial charge in [-0.25, -0.2) is 13.1 Å². The van der Waals surface area contributed by atoms with Crippen LogP contribution in [0, 0.1) is 5.92 Å². The topological polar surface area (TPSA) is 95.5 Å². The molecule has 0 bridgehead atoms. The average molecular weight is 312 g/mol. The van der Waals surface area contributed by atoms with Crippen LogP contribution in [0.1, 0.15) is 19.8 Å². The van der Waals surface area contributed by atoms with E-state index >= 15 is 0 Å². The number of benzene rings is 1. The lowest BCUT2D eigenvalue weighted by molar-refractivity contribution is -0.130. The molecule has 6 nitrogen and oxygen atoms in total. The number of rotatable bonds is 7. The monoisotopic (exact) mass is 312 g/mol. The molecule has 1 aromatic rings. The van der Waals surface area contributed by atoms with Gasteiger partial charge in [0.25, 0.3) is 5.91 Å². The van der Waals surface area contributed by atoms with Crippen LogP contribution < -0.4 is 10.0 Å². The maximum Gasteiger partial charge on any atom is 0.250 e. The molecule has 1 aliphatic rings. The van der Waals surface area contributed by atoms with Crippen molar-refractivity contribution in [1.82, 2.24) is 10.0 Å². The Morgan fingerprint density at radius 1 is 1.33 bits per heavy atom. The first-order chi connectivity index (χ1) is 9.90. The van der Waals surface area contributed by atoms with E-state index in [9.17, 15) is 18.3 Å². The summed E-state index contributed by atoms with van der Waals surface area (Å²) in [5, 5.41) is 12.5. The van der Waals surface area contributed by atoms with Crippen molar-refractivity contribution in [3.05, 3.63) is 30.3 Å². The number of aliphatic hydroxyl groups is 1. The summed E-state index contributed by atoms with van der Waals surface area (Å²) in [4.78, 5) is 11.8. The summed E-state index contributed by atoms with van der Waals surface area (Å²) in [6.07, 6.45) is 0.765. The van der Waals surface area contributed by atoms with Crippen molar-refractivity contribution in [2.75, 3.05) is 6.54 Å². The zero-order chi connectivity index (χ0) is 15.5. The fourth-order valence-electron chi connectivity index (χ4n) is 1.88. The van der Waals surface area contributed by atoms with Gasteiger partial charge in [-0.2, -0.15) is 0 Å². The first-order valence-corrected chi connectivity index (χ1v) is 8.41. The second-order valence-corrected chi connectivity index (χ2v) is 7.07. The van der Waals surface area contributed by atoms with Gasteiger partial charge >= 0.3 is 0 Å². The molecule has 21 heavy (non-hydrogen) atoms. The van der Waals surface area contributed by atoms with Crippen molar-refractivity contribution in [2.45, 2.75) is 36.8 Å². The Bertz CT molecular complexity index is 584. The summed E-state index contributed by atoms with van der Waals surface area (Å²) in [5.41, 5.74) is 0. The van der Waals surface area contributed by atoms with Crippen molar-refractivity contribution in [1.29, 1.82) is 0 Å². The summed E-state index contributed by atoms with van der Waals surface area (Å²) < 4.78 is 26.5. The number of aliphatic hydroxyl groups excluding tert-OH is 1. The highest BCUT2D eigenvalue weighted by molar-refractivity contribution is 7.89. The molecule has 1 amide bonds.